The minimum Gasteiger partial charge on any atom is -0.489 e. The molecule has 164 valence electrons. The first-order valence-electron chi connectivity index (χ1n) is 11.4. The van der Waals surface area contributed by atoms with Crippen LogP contribution >= 0.6 is 12.4 Å². The Labute approximate surface area is 188 Å². The summed E-state index contributed by atoms with van der Waals surface area (Å²) in [7, 11) is 0. The van der Waals surface area contributed by atoms with Gasteiger partial charge in [0.1, 0.15) is 18.2 Å². The van der Waals surface area contributed by atoms with Gasteiger partial charge >= 0.3 is 0 Å². The Balaban J connectivity index is 0.00000320. The third-order valence-electron chi connectivity index (χ3n) is 5.59. The van der Waals surface area contributed by atoms with E-state index in [1.807, 2.05) is 6.07 Å². The minimum absolute atomic E-state index is 0. The van der Waals surface area contributed by atoms with Gasteiger partial charge in [0.2, 0.25) is 0 Å². The lowest BCUT2D eigenvalue weighted by molar-refractivity contribution is 0.301. The first-order chi connectivity index (χ1) is 14.3. The maximum absolute atomic E-state index is 6.26. The van der Waals surface area contributed by atoms with E-state index < -0.39 is 0 Å². The predicted molar refractivity (Wildman–Crippen MR) is 130 cm³/mol. The predicted octanol–water partition coefficient (Wildman–Crippen LogP) is 6.50. The van der Waals surface area contributed by atoms with Crippen molar-refractivity contribution in [1.29, 1.82) is 0 Å². The summed E-state index contributed by atoms with van der Waals surface area (Å²) in [5, 5.41) is 3.63. The molecule has 1 aliphatic carbocycles. The van der Waals surface area contributed by atoms with Crippen molar-refractivity contribution in [2.75, 3.05) is 13.1 Å². The summed E-state index contributed by atoms with van der Waals surface area (Å²) in [6.45, 7) is 6.96. The van der Waals surface area contributed by atoms with Crippen LogP contribution in [0.3, 0.4) is 0 Å². The van der Waals surface area contributed by atoms with E-state index in [1.54, 1.807) is 0 Å². The molecule has 1 aliphatic rings. The van der Waals surface area contributed by atoms with Crippen LogP contribution in [0.1, 0.15) is 74.6 Å². The van der Waals surface area contributed by atoms with Crippen LogP contribution in [0.5, 0.6) is 5.75 Å². The molecule has 1 N–H and O–H groups in total. The summed E-state index contributed by atoms with van der Waals surface area (Å²) in [4.78, 5) is 4.95. The van der Waals surface area contributed by atoms with E-state index in [2.05, 4.69) is 55.6 Å². The van der Waals surface area contributed by atoms with E-state index in [0.29, 0.717) is 6.61 Å². The second kappa shape index (κ2) is 13.3. The molecule has 0 radical (unpaired) electrons. The highest BCUT2D eigenvalue weighted by Gasteiger charge is 2.20. The topological polar surface area (TPSA) is 33.6 Å². The molecule has 0 unspecified atom stereocenters. The van der Waals surface area contributed by atoms with Crippen LogP contribution in [0.15, 0.2) is 47.5 Å². The van der Waals surface area contributed by atoms with E-state index in [9.17, 15) is 0 Å². The van der Waals surface area contributed by atoms with Gasteiger partial charge in [-0.2, -0.15) is 0 Å². The number of aliphatic imine (C=N–C) groups is 1. The highest BCUT2D eigenvalue weighted by atomic mass is 35.5. The fourth-order valence-corrected chi connectivity index (χ4v) is 3.90. The summed E-state index contributed by atoms with van der Waals surface area (Å²) >= 11 is 0. The highest BCUT2D eigenvalue weighted by molar-refractivity contribution is 6.00. The Morgan fingerprint density at radius 2 is 1.67 bits per heavy atom. The van der Waals surface area contributed by atoms with Gasteiger partial charge in [0, 0.05) is 18.7 Å². The van der Waals surface area contributed by atoms with Gasteiger partial charge in [0.15, 0.2) is 0 Å². The summed E-state index contributed by atoms with van der Waals surface area (Å²) in [6, 6.07) is 14.8. The number of nitrogens with one attached hydrogen (secondary N) is 1. The molecule has 0 aromatic heterocycles. The molecule has 0 heterocycles. The van der Waals surface area contributed by atoms with Crippen LogP contribution in [-0.4, -0.2) is 18.9 Å². The molecular weight excluding hydrogens is 392 g/mol. The van der Waals surface area contributed by atoms with Gasteiger partial charge in [0.05, 0.1) is 0 Å². The lowest BCUT2D eigenvalue weighted by atomic mass is 9.87. The lowest BCUT2D eigenvalue weighted by Gasteiger charge is -2.24. The standard InChI is InChI=1S/C26H36N2O.ClH/c1-3-5-18-27-26(28-19-6-4-2)24-16-17-25(23-15-11-10-14-22(23)24)29-20-21-12-8-7-9-13-21;/h7-9,12-13,16-17H,3-6,10-11,14-15,18-20H2,1-2H3,(H,27,28);1H. The number of hydrogen-bond donors (Lipinski definition) is 1. The van der Waals surface area contributed by atoms with Crippen molar-refractivity contribution < 1.29 is 4.74 Å². The summed E-state index contributed by atoms with van der Waals surface area (Å²) in [5.74, 6) is 2.13. The van der Waals surface area contributed by atoms with Crippen molar-refractivity contribution in [3.8, 4) is 5.75 Å². The van der Waals surface area contributed by atoms with Crippen molar-refractivity contribution in [2.24, 2.45) is 4.99 Å². The maximum Gasteiger partial charge on any atom is 0.128 e. The van der Waals surface area contributed by atoms with E-state index in [4.69, 9.17) is 9.73 Å². The number of fused-ring (bicyclic) bond motifs is 1. The van der Waals surface area contributed by atoms with Crippen molar-refractivity contribution >= 4 is 18.2 Å². The second-order valence-electron chi connectivity index (χ2n) is 7.91. The number of hydrogen-bond acceptors (Lipinski definition) is 2. The molecule has 2 aromatic carbocycles. The third-order valence-corrected chi connectivity index (χ3v) is 5.59. The molecule has 4 heteroatoms. The number of nitrogens with zero attached hydrogens (tertiary/aromatic N) is 1. The number of benzene rings is 2. The van der Waals surface area contributed by atoms with Crippen molar-refractivity contribution in [1.82, 2.24) is 5.32 Å². The molecule has 0 saturated heterocycles. The Morgan fingerprint density at radius 1 is 0.933 bits per heavy atom. The lowest BCUT2D eigenvalue weighted by Crippen LogP contribution is -2.28. The molecule has 0 bridgehead atoms. The summed E-state index contributed by atoms with van der Waals surface area (Å²) in [5.41, 5.74) is 5.34. The first-order valence-corrected chi connectivity index (χ1v) is 11.4. The number of rotatable bonds is 10. The van der Waals surface area contributed by atoms with Gasteiger partial charge in [0.25, 0.3) is 0 Å². The highest BCUT2D eigenvalue weighted by Crippen LogP contribution is 2.33. The zero-order chi connectivity index (χ0) is 20.3. The fraction of sp³-hybridized carbons (Fsp3) is 0.500. The molecule has 0 fully saturated rings. The van der Waals surface area contributed by atoms with E-state index in [0.717, 1.165) is 43.9 Å². The Hall–Kier alpha value is -2.00. The average molecular weight is 429 g/mol. The molecule has 0 saturated carbocycles. The number of unbranched alkanes of at least 4 members (excludes halogenated alkanes) is 2. The molecule has 30 heavy (non-hydrogen) atoms. The van der Waals surface area contributed by atoms with Gasteiger partial charge in [-0.1, -0.05) is 57.0 Å². The van der Waals surface area contributed by atoms with Crippen LogP contribution in [-0.2, 0) is 19.4 Å². The van der Waals surface area contributed by atoms with E-state index in [1.165, 1.54) is 54.4 Å². The Bertz CT molecular complexity index is 789. The van der Waals surface area contributed by atoms with Crippen molar-refractivity contribution in [2.45, 2.75) is 71.8 Å². The smallest absolute Gasteiger partial charge is 0.128 e. The average Bonchev–Trinajstić information content (AvgIpc) is 2.77. The monoisotopic (exact) mass is 428 g/mol. The van der Waals surface area contributed by atoms with Crippen molar-refractivity contribution in [3.63, 3.8) is 0 Å². The minimum atomic E-state index is 0. The SMILES string of the molecule is CCCCN=C(NCCCC)c1ccc(OCc2ccccc2)c2c1CCCC2.Cl. The van der Waals surface area contributed by atoms with Crippen LogP contribution in [0, 0.1) is 0 Å². The molecule has 2 aromatic rings. The molecule has 0 aliphatic heterocycles. The van der Waals surface area contributed by atoms with Gasteiger partial charge in [-0.3, -0.25) is 4.99 Å². The van der Waals surface area contributed by atoms with Crippen LogP contribution < -0.4 is 10.1 Å². The fourth-order valence-electron chi connectivity index (χ4n) is 3.90. The Kier molecular flexibility index (Phi) is 10.8. The van der Waals surface area contributed by atoms with Crippen LogP contribution in [0.4, 0.5) is 0 Å². The number of ether oxygens (including phenoxy) is 1. The third kappa shape index (κ3) is 6.77. The normalized spacial score (nSPS) is 13.3. The number of amidine groups is 1. The molecule has 3 nitrogen and oxygen atoms in total. The van der Waals surface area contributed by atoms with Crippen molar-refractivity contribution in [3.05, 3.63) is 64.7 Å². The summed E-state index contributed by atoms with van der Waals surface area (Å²) in [6.07, 6.45) is 9.39. The largest absolute Gasteiger partial charge is 0.489 e. The molecule has 0 atom stereocenters. The quantitative estimate of drug-likeness (QED) is 0.266. The maximum atomic E-state index is 6.26. The zero-order valence-electron chi connectivity index (χ0n) is 18.6. The zero-order valence-corrected chi connectivity index (χ0v) is 19.4. The van der Waals surface area contributed by atoms with E-state index >= 15 is 0 Å². The second-order valence-corrected chi connectivity index (χ2v) is 7.91. The van der Waals surface area contributed by atoms with Gasteiger partial charge < -0.3 is 10.1 Å². The molecule has 0 spiro atoms. The van der Waals surface area contributed by atoms with Gasteiger partial charge in [-0.05, 0) is 67.3 Å². The van der Waals surface area contributed by atoms with Gasteiger partial charge in [-0.15, -0.1) is 12.4 Å². The van der Waals surface area contributed by atoms with Crippen LogP contribution in [0.2, 0.25) is 0 Å². The number of halogens is 1. The Morgan fingerprint density at radius 3 is 2.40 bits per heavy atom. The van der Waals surface area contributed by atoms with Gasteiger partial charge in [-0.25, -0.2) is 0 Å². The van der Waals surface area contributed by atoms with E-state index in [-0.39, 0.29) is 12.4 Å². The summed E-state index contributed by atoms with van der Waals surface area (Å²) < 4.78 is 6.26. The molecule has 0 amide bonds. The molecular formula is C26H37ClN2O. The first kappa shape index (κ1) is 24.3. The van der Waals surface area contributed by atoms with Crippen LogP contribution in [0.25, 0.3) is 0 Å². The molecule has 3 rings (SSSR count).